The van der Waals surface area contributed by atoms with E-state index in [4.69, 9.17) is 9.47 Å². The summed E-state index contributed by atoms with van der Waals surface area (Å²) in [4.78, 5) is 23.2. The molecule has 0 aromatic heterocycles. The van der Waals surface area contributed by atoms with E-state index in [9.17, 15) is 14.7 Å². The highest BCUT2D eigenvalue weighted by Crippen LogP contribution is 2.13. The third-order valence-corrected chi connectivity index (χ3v) is 2.91. The van der Waals surface area contributed by atoms with Gasteiger partial charge in [0.15, 0.2) is 6.10 Å². The summed E-state index contributed by atoms with van der Waals surface area (Å²) in [7, 11) is 0. The molecule has 0 saturated carbocycles. The zero-order valence-electron chi connectivity index (χ0n) is 14.1. The molecule has 1 aromatic rings. The molecule has 0 saturated heterocycles. The first-order chi connectivity index (χ1) is 10.7. The van der Waals surface area contributed by atoms with Crippen molar-refractivity contribution in [1.82, 2.24) is 5.32 Å². The number of alkyl carbamates (subject to hydrolysis) is 1. The van der Waals surface area contributed by atoms with Gasteiger partial charge >= 0.3 is 12.1 Å². The Morgan fingerprint density at radius 1 is 1.22 bits per heavy atom. The molecular formula is C17H25NO5. The maximum absolute atomic E-state index is 11.7. The maximum atomic E-state index is 11.7. The van der Waals surface area contributed by atoms with Crippen molar-refractivity contribution in [3.63, 3.8) is 0 Å². The van der Waals surface area contributed by atoms with Crippen molar-refractivity contribution in [2.75, 3.05) is 6.61 Å². The molecule has 2 N–H and O–H groups in total. The Hall–Kier alpha value is -2.08. The first kappa shape index (κ1) is 19.0. The van der Waals surface area contributed by atoms with Gasteiger partial charge in [0, 0.05) is 13.0 Å². The smallest absolute Gasteiger partial charge is 0.407 e. The van der Waals surface area contributed by atoms with Crippen LogP contribution in [-0.2, 0) is 27.2 Å². The second-order valence-electron chi connectivity index (χ2n) is 6.10. The normalized spacial score (nSPS) is 12.4. The van der Waals surface area contributed by atoms with Gasteiger partial charge in [0.2, 0.25) is 0 Å². The molecule has 1 aromatic carbocycles. The van der Waals surface area contributed by atoms with Gasteiger partial charge < -0.3 is 19.9 Å². The summed E-state index contributed by atoms with van der Waals surface area (Å²) in [6.07, 6.45) is -1.61. The lowest BCUT2D eigenvalue weighted by Gasteiger charge is -2.20. The predicted molar refractivity (Wildman–Crippen MR) is 85.9 cm³/mol. The summed E-state index contributed by atoms with van der Waals surface area (Å²) in [6, 6.07) is 7.26. The Labute approximate surface area is 136 Å². The second kappa shape index (κ2) is 8.53. The van der Waals surface area contributed by atoms with Gasteiger partial charge in [-0.25, -0.2) is 9.59 Å². The van der Waals surface area contributed by atoms with E-state index in [0.717, 1.165) is 11.1 Å². The minimum Gasteiger partial charge on any atom is -0.464 e. The summed E-state index contributed by atoms with van der Waals surface area (Å²) in [5, 5.41) is 12.5. The number of amides is 1. The standard InChI is InChI=1S/C17H25NO5/c1-5-22-15(20)14(19)10-12-8-6-7-9-13(12)11-18-16(21)23-17(2,3)4/h6-9,14,19H,5,10-11H2,1-4H3,(H,18,21)/t14-/m1/s1. The molecule has 0 aliphatic rings. The number of aliphatic hydroxyl groups excluding tert-OH is 1. The van der Waals surface area contributed by atoms with E-state index in [2.05, 4.69) is 5.32 Å². The SMILES string of the molecule is CCOC(=O)[C@H](O)Cc1ccccc1CNC(=O)OC(C)(C)C. The molecule has 128 valence electrons. The lowest BCUT2D eigenvalue weighted by Crippen LogP contribution is -2.32. The Balaban J connectivity index is 2.67. The van der Waals surface area contributed by atoms with Crippen molar-refractivity contribution < 1.29 is 24.2 Å². The van der Waals surface area contributed by atoms with Gasteiger partial charge in [-0.1, -0.05) is 24.3 Å². The van der Waals surface area contributed by atoms with Crippen molar-refractivity contribution in [2.24, 2.45) is 0 Å². The van der Waals surface area contributed by atoms with E-state index < -0.39 is 23.8 Å². The number of carbonyl (C=O) groups is 2. The van der Waals surface area contributed by atoms with Crippen LogP contribution in [0.25, 0.3) is 0 Å². The quantitative estimate of drug-likeness (QED) is 0.784. The lowest BCUT2D eigenvalue weighted by atomic mass is 10.0. The Morgan fingerprint density at radius 2 is 1.83 bits per heavy atom. The van der Waals surface area contributed by atoms with Crippen LogP contribution >= 0.6 is 0 Å². The van der Waals surface area contributed by atoms with Crippen LogP contribution < -0.4 is 5.32 Å². The molecule has 0 bridgehead atoms. The van der Waals surface area contributed by atoms with Crippen LogP contribution in [0.5, 0.6) is 0 Å². The number of ether oxygens (including phenoxy) is 2. The van der Waals surface area contributed by atoms with Crippen LogP contribution in [0, 0.1) is 0 Å². The van der Waals surface area contributed by atoms with Crippen LogP contribution in [-0.4, -0.2) is 35.5 Å². The summed E-state index contributed by atoms with van der Waals surface area (Å²) >= 11 is 0. The predicted octanol–water partition coefficient (Wildman–Crippen LogP) is 2.18. The van der Waals surface area contributed by atoms with E-state index >= 15 is 0 Å². The number of benzene rings is 1. The molecule has 0 aliphatic carbocycles. The van der Waals surface area contributed by atoms with E-state index in [1.54, 1.807) is 33.8 Å². The molecular weight excluding hydrogens is 298 g/mol. The average Bonchev–Trinajstić information content (AvgIpc) is 2.44. The largest absolute Gasteiger partial charge is 0.464 e. The van der Waals surface area contributed by atoms with Crippen LogP contribution in [0.15, 0.2) is 24.3 Å². The molecule has 1 rings (SSSR count). The Bertz CT molecular complexity index is 536. The summed E-state index contributed by atoms with van der Waals surface area (Å²) < 4.78 is 9.97. The van der Waals surface area contributed by atoms with Gasteiger partial charge in [0.1, 0.15) is 5.60 Å². The maximum Gasteiger partial charge on any atom is 0.407 e. The highest BCUT2D eigenvalue weighted by molar-refractivity contribution is 5.74. The van der Waals surface area contributed by atoms with Gasteiger partial charge in [-0.2, -0.15) is 0 Å². The molecule has 6 nitrogen and oxygen atoms in total. The molecule has 0 aliphatic heterocycles. The monoisotopic (exact) mass is 323 g/mol. The number of aliphatic hydroxyl groups is 1. The van der Waals surface area contributed by atoms with Gasteiger partial charge in [0.05, 0.1) is 6.61 Å². The van der Waals surface area contributed by atoms with Crippen molar-refractivity contribution >= 4 is 12.1 Å². The fourth-order valence-electron chi connectivity index (χ4n) is 1.94. The average molecular weight is 323 g/mol. The number of rotatable bonds is 6. The topological polar surface area (TPSA) is 84.9 Å². The molecule has 6 heteroatoms. The van der Waals surface area contributed by atoms with Gasteiger partial charge in [0.25, 0.3) is 0 Å². The molecule has 0 spiro atoms. The third-order valence-electron chi connectivity index (χ3n) is 2.91. The van der Waals surface area contributed by atoms with Gasteiger partial charge in [-0.05, 0) is 38.8 Å². The van der Waals surface area contributed by atoms with E-state index in [0.29, 0.717) is 0 Å². The summed E-state index contributed by atoms with van der Waals surface area (Å²) in [5.41, 5.74) is 1.01. The number of esters is 1. The Morgan fingerprint density at radius 3 is 2.39 bits per heavy atom. The molecule has 1 amide bonds. The van der Waals surface area contributed by atoms with Gasteiger partial charge in [-0.15, -0.1) is 0 Å². The minimum atomic E-state index is -1.22. The molecule has 0 radical (unpaired) electrons. The molecule has 23 heavy (non-hydrogen) atoms. The van der Waals surface area contributed by atoms with Crippen molar-refractivity contribution in [2.45, 2.75) is 52.4 Å². The fraction of sp³-hybridized carbons (Fsp3) is 0.529. The van der Waals surface area contributed by atoms with Crippen LogP contribution in [0.1, 0.15) is 38.8 Å². The third kappa shape index (κ3) is 7.15. The number of carbonyl (C=O) groups excluding carboxylic acids is 2. The highest BCUT2D eigenvalue weighted by atomic mass is 16.6. The van der Waals surface area contributed by atoms with Crippen LogP contribution in [0.2, 0.25) is 0 Å². The van der Waals surface area contributed by atoms with Crippen LogP contribution in [0.4, 0.5) is 4.79 Å². The van der Waals surface area contributed by atoms with Crippen molar-refractivity contribution in [3.05, 3.63) is 35.4 Å². The molecule has 1 atom stereocenters. The fourth-order valence-corrected chi connectivity index (χ4v) is 1.94. The molecule has 0 unspecified atom stereocenters. The Kier molecular flexibility index (Phi) is 7.03. The first-order valence-corrected chi connectivity index (χ1v) is 7.61. The van der Waals surface area contributed by atoms with E-state index in [1.165, 1.54) is 0 Å². The van der Waals surface area contributed by atoms with E-state index in [-0.39, 0.29) is 19.6 Å². The summed E-state index contributed by atoms with van der Waals surface area (Å²) in [5.74, 6) is -0.651. The number of hydrogen-bond donors (Lipinski definition) is 2. The first-order valence-electron chi connectivity index (χ1n) is 7.61. The summed E-state index contributed by atoms with van der Waals surface area (Å²) in [6.45, 7) is 7.52. The van der Waals surface area contributed by atoms with Crippen molar-refractivity contribution in [3.8, 4) is 0 Å². The lowest BCUT2D eigenvalue weighted by molar-refractivity contribution is -0.152. The zero-order chi connectivity index (χ0) is 17.5. The minimum absolute atomic E-state index is 0.130. The molecule has 0 fully saturated rings. The van der Waals surface area contributed by atoms with Gasteiger partial charge in [-0.3, -0.25) is 0 Å². The second-order valence-corrected chi connectivity index (χ2v) is 6.10. The highest BCUT2D eigenvalue weighted by Gasteiger charge is 2.19. The van der Waals surface area contributed by atoms with E-state index in [1.807, 2.05) is 18.2 Å². The van der Waals surface area contributed by atoms with Crippen LogP contribution in [0.3, 0.4) is 0 Å². The zero-order valence-corrected chi connectivity index (χ0v) is 14.1. The molecule has 0 heterocycles. The van der Waals surface area contributed by atoms with Crippen molar-refractivity contribution in [1.29, 1.82) is 0 Å². The number of nitrogens with one attached hydrogen (secondary N) is 1. The number of hydrogen-bond acceptors (Lipinski definition) is 5.